The molecule has 0 saturated carbocycles. The fourth-order valence-electron chi connectivity index (χ4n) is 3.22. The molecule has 4 rings (SSSR count). The number of imidazole rings is 1. The molecule has 5 heteroatoms. The van der Waals surface area contributed by atoms with Crippen molar-refractivity contribution in [1.29, 1.82) is 0 Å². The van der Waals surface area contributed by atoms with E-state index in [0.29, 0.717) is 11.1 Å². The lowest BCUT2D eigenvalue weighted by Crippen LogP contribution is -2.18. The van der Waals surface area contributed by atoms with Crippen molar-refractivity contribution < 1.29 is 4.79 Å². The lowest BCUT2D eigenvalue weighted by Gasteiger charge is -2.22. The Kier molecular flexibility index (Phi) is 4.42. The summed E-state index contributed by atoms with van der Waals surface area (Å²) in [4.78, 5) is 23.8. The molecule has 4 aromatic rings. The predicted molar refractivity (Wildman–Crippen MR) is 108 cm³/mol. The van der Waals surface area contributed by atoms with Crippen LogP contribution in [-0.4, -0.2) is 26.9 Å². The Hall–Kier alpha value is -3.47. The minimum absolute atomic E-state index is 0.0172. The van der Waals surface area contributed by atoms with Gasteiger partial charge in [0.05, 0.1) is 18.0 Å². The van der Waals surface area contributed by atoms with E-state index < -0.39 is 0 Å². The van der Waals surface area contributed by atoms with Crippen molar-refractivity contribution in [2.45, 2.75) is 6.92 Å². The van der Waals surface area contributed by atoms with E-state index in [1.165, 1.54) is 0 Å². The Labute approximate surface area is 157 Å². The number of fused-ring (bicyclic) bond motifs is 1. The number of aromatic nitrogens is 3. The Morgan fingerprint density at radius 2 is 1.78 bits per heavy atom. The third-order valence-electron chi connectivity index (χ3n) is 4.65. The molecule has 0 N–H and O–H groups in total. The van der Waals surface area contributed by atoms with Crippen LogP contribution in [-0.2, 0) is 7.05 Å². The molecule has 134 valence electrons. The smallest absolute Gasteiger partial charge is 0.193 e. The third-order valence-corrected chi connectivity index (χ3v) is 4.65. The van der Waals surface area contributed by atoms with Gasteiger partial charge in [-0.2, -0.15) is 0 Å². The van der Waals surface area contributed by atoms with Gasteiger partial charge in [0, 0.05) is 36.5 Å². The molecule has 0 aliphatic heterocycles. The largest absolute Gasteiger partial charge is 0.334 e. The summed E-state index contributed by atoms with van der Waals surface area (Å²) in [6.45, 7) is 2.81. The Morgan fingerprint density at radius 1 is 1.00 bits per heavy atom. The Morgan fingerprint density at radius 3 is 2.56 bits per heavy atom. The molecule has 0 aliphatic rings. The summed E-state index contributed by atoms with van der Waals surface area (Å²) in [6, 6.07) is 19.1. The molecule has 0 atom stereocenters. The SMILES string of the molecule is CCN(c1cccc(C(=O)c2ccccc2)c1)c1cc2c(cn1)ncn2C. The van der Waals surface area contributed by atoms with Crippen LogP contribution in [0.15, 0.2) is 73.2 Å². The maximum atomic E-state index is 12.8. The Bertz CT molecular complexity index is 1100. The average Bonchev–Trinajstić information content (AvgIpc) is 3.09. The number of nitrogens with zero attached hydrogens (tertiary/aromatic N) is 4. The van der Waals surface area contributed by atoms with E-state index in [9.17, 15) is 4.79 Å². The molecule has 2 aromatic heterocycles. The van der Waals surface area contributed by atoms with Gasteiger partial charge in [0.2, 0.25) is 0 Å². The van der Waals surface area contributed by atoms with Crippen LogP contribution >= 0.6 is 0 Å². The van der Waals surface area contributed by atoms with E-state index in [-0.39, 0.29) is 5.78 Å². The van der Waals surface area contributed by atoms with Gasteiger partial charge in [-0.3, -0.25) is 4.79 Å². The standard InChI is InChI=1S/C22H20N4O/c1-3-26(21-13-20-19(14-23-21)24-15-25(20)2)18-11-7-10-17(12-18)22(27)16-8-5-4-6-9-16/h4-15H,3H2,1-2H3. The summed E-state index contributed by atoms with van der Waals surface area (Å²) in [6.07, 6.45) is 3.57. The number of carbonyl (C=O) groups excluding carboxylic acids is 1. The second-order valence-electron chi connectivity index (χ2n) is 6.38. The number of hydrogen-bond acceptors (Lipinski definition) is 4. The van der Waals surface area contributed by atoms with Gasteiger partial charge in [-0.1, -0.05) is 42.5 Å². The van der Waals surface area contributed by atoms with Crippen molar-refractivity contribution >= 4 is 28.3 Å². The molecule has 0 radical (unpaired) electrons. The van der Waals surface area contributed by atoms with Gasteiger partial charge < -0.3 is 9.47 Å². The van der Waals surface area contributed by atoms with E-state index in [4.69, 9.17) is 0 Å². The quantitative estimate of drug-likeness (QED) is 0.499. The summed E-state index contributed by atoms with van der Waals surface area (Å²) >= 11 is 0. The maximum Gasteiger partial charge on any atom is 0.193 e. The van der Waals surface area contributed by atoms with Crippen molar-refractivity contribution in [1.82, 2.24) is 14.5 Å². The molecule has 2 aromatic carbocycles. The molecule has 0 spiro atoms. The third kappa shape index (κ3) is 3.19. The van der Waals surface area contributed by atoms with E-state index in [2.05, 4.69) is 21.8 Å². The van der Waals surface area contributed by atoms with Crippen LogP contribution in [0.4, 0.5) is 11.5 Å². The Balaban J connectivity index is 1.72. The van der Waals surface area contributed by atoms with Crippen LogP contribution in [0, 0.1) is 0 Å². The molecular formula is C22H20N4O. The highest BCUT2D eigenvalue weighted by Crippen LogP contribution is 2.27. The van der Waals surface area contributed by atoms with Gasteiger partial charge >= 0.3 is 0 Å². The number of pyridine rings is 1. The molecule has 5 nitrogen and oxygen atoms in total. The van der Waals surface area contributed by atoms with E-state index >= 15 is 0 Å². The summed E-state index contributed by atoms with van der Waals surface area (Å²) in [7, 11) is 1.97. The minimum atomic E-state index is 0.0172. The zero-order chi connectivity index (χ0) is 18.8. The zero-order valence-electron chi connectivity index (χ0n) is 15.3. The van der Waals surface area contributed by atoms with Gasteiger partial charge in [-0.25, -0.2) is 9.97 Å². The van der Waals surface area contributed by atoms with E-state index in [1.54, 1.807) is 12.5 Å². The molecule has 0 saturated heterocycles. The summed E-state index contributed by atoms with van der Waals surface area (Å²) in [5.74, 6) is 0.849. The van der Waals surface area contributed by atoms with Crippen molar-refractivity contribution in [3.8, 4) is 0 Å². The minimum Gasteiger partial charge on any atom is -0.334 e. The number of anilines is 2. The normalized spacial score (nSPS) is 10.9. The van der Waals surface area contributed by atoms with E-state index in [0.717, 1.165) is 29.1 Å². The number of benzene rings is 2. The molecule has 0 fully saturated rings. The van der Waals surface area contributed by atoms with Gasteiger partial charge in [-0.15, -0.1) is 0 Å². The van der Waals surface area contributed by atoms with Gasteiger partial charge in [-0.05, 0) is 19.1 Å². The number of rotatable bonds is 5. The van der Waals surface area contributed by atoms with Crippen LogP contribution in [0.25, 0.3) is 11.0 Å². The molecular weight excluding hydrogens is 336 g/mol. The first-order valence-corrected chi connectivity index (χ1v) is 8.92. The maximum absolute atomic E-state index is 12.8. The second kappa shape index (κ2) is 7.03. The molecule has 0 aliphatic carbocycles. The van der Waals surface area contributed by atoms with Crippen LogP contribution < -0.4 is 4.90 Å². The summed E-state index contributed by atoms with van der Waals surface area (Å²) in [5.41, 5.74) is 4.18. The lowest BCUT2D eigenvalue weighted by atomic mass is 10.0. The highest BCUT2D eigenvalue weighted by molar-refractivity contribution is 6.09. The molecule has 27 heavy (non-hydrogen) atoms. The number of ketones is 1. The zero-order valence-corrected chi connectivity index (χ0v) is 15.3. The first kappa shape index (κ1) is 17.0. The monoisotopic (exact) mass is 356 g/mol. The topological polar surface area (TPSA) is 51.0 Å². The number of hydrogen-bond donors (Lipinski definition) is 0. The van der Waals surface area contributed by atoms with Crippen molar-refractivity contribution in [3.63, 3.8) is 0 Å². The molecule has 0 bridgehead atoms. The van der Waals surface area contributed by atoms with Crippen molar-refractivity contribution in [2.75, 3.05) is 11.4 Å². The van der Waals surface area contributed by atoms with E-state index in [1.807, 2.05) is 72.3 Å². The lowest BCUT2D eigenvalue weighted by molar-refractivity contribution is 0.103. The first-order chi connectivity index (χ1) is 13.2. The first-order valence-electron chi connectivity index (χ1n) is 8.92. The summed E-state index contributed by atoms with van der Waals surface area (Å²) in [5, 5.41) is 0. The van der Waals surface area contributed by atoms with Gasteiger partial charge in [0.25, 0.3) is 0 Å². The van der Waals surface area contributed by atoms with Gasteiger partial charge in [0.15, 0.2) is 5.78 Å². The number of carbonyl (C=O) groups is 1. The number of aryl methyl sites for hydroxylation is 1. The second-order valence-corrected chi connectivity index (χ2v) is 6.38. The van der Waals surface area contributed by atoms with Crippen molar-refractivity contribution in [2.24, 2.45) is 7.05 Å². The van der Waals surface area contributed by atoms with Crippen LogP contribution in [0.1, 0.15) is 22.8 Å². The predicted octanol–water partition coefficient (Wildman–Crippen LogP) is 4.36. The fraction of sp³-hybridized carbons (Fsp3) is 0.136. The van der Waals surface area contributed by atoms with Crippen LogP contribution in [0.2, 0.25) is 0 Å². The highest BCUT2D eigenvalue weighted by atomic mass is 16.1. The summed E-state index contributed by atoms with van der Waals surface area (Å²) < 4.78 is 1.98. The fourth-order valence-corrected chi connectivity index (χ4v) is 3.22. The molecule has 0 unspecified atom stereocenters. The molecule has 0 amide bonds. The van der Waals surface area contributed by atoms with Crippen LogP contribution in [0.5, 0.6) is 0 Å². The molecule has 2 heterocycles. The van der Waals surface area contributed by atoms with Gasteiger partial charge in [0.1, 0.15) is 11.3 Å². The van der Waals surface area contributed by atoms with Crippen LogP contribution in [0.3, 0.4) is 0 Å². The highest BCUT2D eigenvalue weighted by Gasteiger charge is 2.14. The average molecular weight is 356 g/mol. The van der Waals surface area contributed by atoms with Crippen molar-refractivity contribution in [3.05, 3.63) is 84.3 Å².